The van der Waals surface area contributed by atoms with Gasteiger partial charge in [-0.1, -0.05) is 20.8 Å². The molecule has 1 saturated carbocycles. The first-order chi connectivity index (χ1) is 9.36. The van der Waals surface area contributed by atoms with E-state index in [1.54, 1.807) is 0 Å². The molecule has 0 bridgehead atoms. The fourth-order valence-electron chi connectivity index (χ4n) is 2.79. The molecule has 1 fully saturated rings. The van der Waals surface area contributed by atoms with Gasteiger partial charge in [-0.25, -0.2) is 0 Å². The van der Waals surface area contributed by atoms with Crippen LogP contribution in [-0.4, -0.2) is 36.2 Å². The summed E-state index contributed by atoms with van der Waals surface area (Å²) in [5, 5.41) is 12.2. The molecule has 0 radical (unpaired) electrons. The minimum absolute atomic E-state index is 0.0622. The zero-order chi connectivity index (χ0) is 15.3. The number of amides is 1. The van der Waals surface area contributed by atoms with Crippen LogP contribution >= 0.6 is 0 Å². The quantitative estimate of drug-likeness (QED) is 0.749. The van der Waals surface area contributed by atoms with Crippen LogP contribution in [0.25, 0.3) is 0 Å². The van der Waals surface area contributed by atoms with Crippen molar-refractivity contribution < 1.29 is 19.4 Å². The number of ether oxygens (including phenoxy) is 1. The predicted molar refractivity (Wildman–Crippen MR) is 76.3 cm³/mol. The minimum Gasteiger partial charge on any atom is -0.481 e. The lowest BCUT2D eigenvalue weighted by atomic mass is 9.94. The third-order valence-electron chi connectivity index (χ3n) is 4.09. The fourth-order valence-corrected chi connectivity index (χ4v) is 2.79. The number of carbonyl (C=O) groups is 2. The summed E-state index contributed by atoms with van der Waals surface area (Å²) in [6, 6.07) is -0.0622. The molecule has 0 aromatic heterocycles. The van der Waals surface area contributed by atoms with Crippen LogP contribution in [0.1, 0.15) is 40.5 Å². The molecular formula is C15H27NO4. The minimum atomic E-state index is -0.861. The Labute approximate surface area is 121 Å². The van der Waals surface area contributed by atoms with Crippen LogP contribution in [0.2, 0.25) is 0 Å². The number of nitrogens with one attached hydrogen (secondary N) is 1. The Kier molecular flexibility index (Phi) is 6.46. The second-order valence-electron chi connectivity index (χ2n) is 6.15. The molecule has 4 atom stereocenters. The van der Waals surface area contributed by atoms with Gasteiger partial charge in [-0.05, 0) is 31.6 Å². The molecule has 4 unspecified atom stereocenters. The smallest absolute Gasteiger partial charge is 0.307 e. The van der Waals surface area contributed by atoms with E-state index >= 15 is 0 Å². The van der Waals surface area contributed by atoms with E-state index in [0.717, 1.165) is 0 Å². The lowest BCUT2D eigenvalue weighted by molar-refractivity contribution is -0.146. The summed E-state index contributed by atoms with van der Waals surface area (Å²) >= 11 is 0. The SMILES string of the molecule is CCOCC(NC(=O)C1CC(C)CC1C(=O)O)C(C)C. The Morgan fingerprint density at radius 3 is 2.40 bits per heavy atom. The summed E-state index contributed by atoms with van der Waals surface area (Å²) in [5.41, 5.74) is 0. The van der Waals surface area contributed by atoms with Gasteiger partial charge in [-0.2, -0.15) is 0 Å². The van der Waals surface area contributed by atoms with Gasteiger partial charge in [0.2, 0.25) is 5.91 Å². The maximum atomic E-state index is 12.4. The Bertz CT molecular complexity index is 343. The molecule has 1 rings (SSSR count). The highest BCUT2D eigenvalue weighted by Crippen LogP contribution is 2.36. The standard InChI is InChI=1S/C15H27NO4/c1-5-20-8-13(9(2)3)16-14(17)11-6-10(4)7-12(11)15(18)19/h9-13H,5-8H2,1-4H3,(H,16,17)(H,18,19). The van der Waals surface area contributed by atoms with Crippen molar-refractivity contribution in [3.8, 4) is 0 Å². The highest BCUT2D eigenvalue weighted by Gasteiger charge is 2.41. The first-order valence-corrected chi connectivity index (χ1v) is 7.47. The maximum absolute atomic E-state index is 12.4. The Morgan fingerprint density at radius 1 is 1.30 bits per heavy atom. The van der Waals surface area contributed by atoms with Gasteiger partial charge in [0.1, 0.15) is 0 Å². The van der Waals surface area contributed by atoms with Gasteiger partial charge in [-0.15, -0.1) is 0 Å². The van der Waals surface area contributed by atoms with Crippen molar-refractivity contribution in [3.63, 3.8) is 0 Å². The topological polar surface area (TPSA) is 75.6 Å². The average Bonchev–Trinajstić information content (AvgIpc) is 2.76. The van der Waals surface area contributed by atoms with Crippen LogP contribution in [0.4, 0.5) is 0 Å². The van der Waals surface area contributed by atoms with Crippen molar-refractivity contribution in [2.75, 3.05) is 13.2 Å². The van der Waals surface area contributed by atoms with E-state index in [0.29, 0.717) is 26.1 Å². The largest absolute Gasteiger partial charge is 0.481 e. The molecule has 0 aromatic rings. The molecule has 0 heterocycles. The van der Waals surface area contributed by atoms with E-state index in [1.807, 2.05) is 27.7 Å². The third kappa shape index (κ3) is 4.47. The fraction of sp³-hybridized carbons (Fsp3) is 0.867. The van der Waals surface area contributed by atoms with E-state index in [-0.39, 0.29) is 23.8 Å². The van der Waals surface area contributed by atoms with Crippen molar-refractivity contribution in [2.24, 2.45) is 23.7 Å². The van der Waals surface area contributed by atoms with Crippen LogP contribution in [0.3, 0.4) is 0 Å². The zero-order valence-electron chi connectivity index (χ0n) is 12.9. The molecule has 1 amide bonds. The Morgan fingerprint density at radius 2 is 1.90 bits per heavy atom. The highest BCUT2D eigenvalue weighted by atomic mass is 16.5. The molecule has 1 aliphatic rings. The number of aliphatic carboxylic acids is 1. The van der Waals surface area contributed by atoms with Crippen molar-refractivity contribution in [1.82, 2.24) is 5.32 Å². The van der Waals surface area contributed by atoms with E-state index in [2.05, 4.69) is 5.32 Å². The van der Waals surface area contributed by atoms with Crippen molar-refractivity contribution in [3.05, 3.63) is 0 Å². The van der Waals surface area contributed by atoms with Crippen LogP contribution in [0.15, 0.2) is 0 Å². The van der Waals surface area contributed by atoms with E-state index < -0.39 is 17.8 Å². The number of hydrogen-bond acceptors (Lipinski definition) is 3. The van der Waals surface area contributed by atoms with Gasteiger partial charge in [0.25, 0.3) is 0 Å². The van der Waals surface area contributed by atoms with Gasteiger partial charge in [0.15, 0.2) is 0 Å². The molecule has 0 aromatic carbocycles. The van der Waals surface area contributed by atoms with E-state index in [9.17, 15) is 14.7 Å². The van der Waals surface area contributed by atoms with E-state index in [4.69, 9.17) is 4.74 Å². The first-order valence-electron chi connectivity index (χ1n) is 7.47. The molecule has 0 spiro atoms. The second kappa shape index (κ2) is 7.62. The Balaban J connectivity index is 2.65. The number of hydrogen-bond donors (Lipinski definition) is 2. The van der Waals surface area contributed by atoms with Crippen molar-refractivity contribution >= 4 is 11.9 Å². The number of carboxylic acids is 1. The molecular weight excluding hydrogens is 258 g/mol. The predicted octanol–water partition coefficient (Wildman–Crippen LogP) is 1.91. The lowest BCUT2D eigenvalue weighted by Crippen LogP contribution is -2.46. The van der Waals surface area contributed by atoms with Crippen LogP contribution in [0, 0.1) is 23.7 Å². The molecule has 116 valence electrons. The summed E-state index contributed by atoms with van der Waals surface area (Å²) in [6.45, 7) is 9.05. The molecule has 5 nitrogen and oxygen atoms in total. The summed E-state index contributed by atoms with van der Waals surface area (Å²) in [6.07, 6.45) is 1.24. The molecule has 0 saturated heterocycles. The first kappa shape index (κ1) is 17.0. The summed E-state index contributed by atoms with van der Waals surface area (Å²) < 4.78 is 5.38. The molecule has 20 heavy (non-hydrogen) atoms. The lowest BCUT2D eigenvalue weighted by Gasteiger charge is -2.25. The maximum Gasteiger partial charge on any atom is 0.307 e. The van der Waals surface area contributed by atoms with Gasteiger partial charge < -0.3 is 15.2 Å². The average molecular weight is 285 g/mol. The monoisotopic (exact) mass is 285 g/mol. The molecule has 1 aliphatic carbocycles. The van der Waals surface area contributed by atoms with Crippen LogP contribution < -0.4 is 5.32 Å². The highest BCUT2D eigenvalue weighted by molar-refractivity contribution is 5.85. The number of rotatable bonds is 7. The third-order valence-corrected chi connectivity index (χ3v) is 4.09. The normalized spacial score (nSPS) is 27.6. The van der Waals surface area contributed by atoms with Gasteiger partial charge in [0.05, 0.1) is 24.5 Å². The van der Waals surface area contributed by atoms with Crippen LogP contribution in [0.5, 0.6) is 0 Å². The van der Waals surface area contributed by atoms with Crippen molar-refractivity contribution in [1.29, 1.82) is 0 Å². The number of carbonyl (C=O) groups excluding carboxylic acids is 1. The van der Waals surface area contributed by atoms with Gasteiger partial charge >= 0.3 is 5.97 Å². The van der Waals surface area contributed by atoms with Gasteiger partial charge in [-0.3, -0.25) is 9.59 Å². The summed E-state index contributed by atoms with van der Waals surface area (Å²) in [4.78, 5) is 23.6. The molecule has 2 N–H and O–H groups in total. The second-order valence-corrected chi connectivity index (χ2v) is 6.15. The van der Waals surface area contributed by atoms with E-state index in [1.165, 1.54) is 0 Å². The van der Waals surface area contributed by atoms with Crippen molar-refractivity contribution in [2.45, 2.75) is 46.6 Å². The summed E-state index contributed by atoms with van der Waals surface area (Å²) in [5.74, 6) is -1.42. The van der Waals surface area contributed by atoms with Crippen LogP contribution in [-0.2, 0) is 14.3 Å². The molecule has 0 aliphatic heterocycles. The Hall–Kier alpha value is -1.10. The molecule has 5 heteroatoms. The summed E-state index contributed by atoms with van der Waals surface area (Å²) in [7, 11) is 0. The number of carboxylic acid groups (broad SMARTS) is 1. The zero-order valence-corrected chi connectivity index (χ0v) is 12.9. The van der Waals surface area contributed by atoms with Gasteiger partial charge in [0, 0.05) is 6.61 Å².